The molecule has 4 aromatic rings. The highest BCUT2D eigenvalue weighted by Crippen LogP contribution is 2.38. The van der Waals surface area contributed by atoms with E-state index in [1.54, 1.807) is 12.3 Å². The van der Waals surface area contributed by atoms with Gasteiger partial charge in [0.1, 0.15) is 11.9 Å². The number of carbonyl (C=O) groups is 2. The lowest BCUT2D eigenvalue weighted by Crippen LogP contribution is -2.34. The van der Waals surface area contributed by atoms with Gasteiger partial charge in [-0.25, -0.2) is 0 Å². The number of nitrogens with two attached hydrogens (primary N) is 1. The number of nitrogens with one attached hydrogen (secondary N) is 2. The first-order valence-electron chi connectivity index (χ1n) is 12.0. The number of fused-ring (bicyclic) bond motifs is 4. The molecule has 0 radical (unpaired) electrons. The number of hydrogen-bond donors (Lipinski definition) is 3. The number of pyridine rings is 1. The molecule has 1 unspecified atom stereocenters. The summed E-state index contributed by atoms with van der Waals surface area (Å²) in [4.78, 5) is 32.2. The third-order valence-corrected chi connectivity index (χ3v) is 7.01. The maximum absolute atomic E-state index is 13.0. The van der Waals surface area contributed by atoms with Crippen LogP contribution in [0.2, 0.25) is 0 Å². The van der Waals surface area contributed by atoms with Crippen LogP contribution in [0.4, 0.5) is 0 Å². The molecule has 176 valence electrons. The molecule has 0 saturated heterocycles. The van der Waals surface area contributed by atoms with Crippen LogP contribution in [-0.2, 0) is 19.3 Å². The smallest absolute Gasteiger partial charge is 0.251 e. The summed E-state index contributed by atoms with van der Waals surface area (Å²) in [6.45, 7) is 0.399. The molecule has 1 aliphatic heterocycles. The number of para-hydroxylation sites is 1. The molecule has 35 heavy (non-hydrogen) atoms. The van der Waals surface area contributed by atoms with Crippen molar-refractivity contribution in [3.05, 3.63) is 82.8 Å². The minimum absolute atomic E-state index is 0.101. The Kier molecular flexibility index (Phi) is 5.25. The van der Waals surface area contributed by atoms with Crippen molar-refractivity contribution in [3.8, 4) is 16.9 Å². The molecular formula is C28H26N4O3. The molecule has 2 amide bonds. The zero-order chi connectivity index (χ0) is 23.9. The summed E-state index contributed by atoms with van der Waals surface area (Å²) in [6.07, 6.45) is 8.21. The van der Waals surface area contributed by atoms with E-state index in [-0.39, 0.29) is 12.0 Å². The van der Waals surface area contributed by atoms with Crippen molar-refractivity contribution in [2.45, 2.75) is 38.2 Å². The average molecular weight is 467 g/mol. The van der Waals surface area contributed by atoms with Gasteiger partial charge < -0.3 is 20.8 Å². The van der Waals surface area contributed by atoms with Gasteiger partial charge in [0.15, 0.2) is 0 Å². The minimum atomic E-state index is -0.522. The summed E-state index contributed by atoms with van der Waals surface area (Å²) in [7, 11) is 0. The molecular weight excluding hydrogens is 440 g/mol. The van der Waals surface area contributed by atoms with Crippen LogP contribution in [0.5, 0.6) is 5.75 Å². The van der Waals surface area contributed by atoms with Crippen molar-refractivity contribution >= 4 is 22.7 Å². The number of amides is 2. The first-order valence-corrected chi connectivity index (χ1v) is 12.0. The van der Waals surface area contributed by atoms with E-state index < -0.39 is 5.91 Å². The Morgan fingerprint density at radius 3 is 2.86 bits per heavy atom. The van der Waals surface area contributed by atoms with Crippen molar-refractivity contribution in [2.75, 3.05) is 6.54 Å². The molecule has 4 N–H and O–H groups in total. The molecule has 2 aromatic heterocycles. The second kappa shape index (κ2) is 8.58. The Bertz CT molecular complexity index is 1470. The van der Waals surface area contributed by atoms with Gasteiger partial charge >= 0.3 is 0 Å². The molecule has 1 aliphatic carbocycles. The standard InChI is InChI=1S/C28H26N4O3/c29-27(33)19-10-18(13-30-14-19)21-6-3-4-16-11-20(35-26(16)21)15-31-28(34)17-8-9-25-23(12-17)22-5-1-2-7-24(22)32-25/h3-4,6,8-10,12-14,20,32H,1-2,5,7,11,15H2,(H2,29,33)(H,31,34). The molecule has 0 saturated carbocycles. The van der Waals surface area contributed by atoms with Gasteiger partial charge in [-0.2, -0.15) is 0 Å². The van der Waals surface area contributed by atoms with Gasteiger partial charge in [-0.15, -0.1) is 0 Å². The molecule has 0 bridgehead atoms. The number of aromatic amines is 1. The fraction of sp³-hybridized carbons (Fsp3) is 0.250. The monoisotopic (exact) mass is 466 g/mol. The van der Waals surface area contributed by atoms with E-state index in [1.165, 1.54) is 30.3 Å². The maximum atomic E-state index is 13.0. The lowest BCUT2D eigenvalue weighted by molar-refractivity contribution is 0.0933. The number of primary amides is 1. The third kappa shape index (κ3) is 3.93. The first kappa shape index (κ1) is 21.4. The molecule has 7 nitrogen and oxygen atoms in total. The van der Waals surface area contributed by atoms with Crippen LogP contribution < -0.4 is 15.8 Å². The van der Waals surface area contributed by atoms with Gasteiger partial charge in [0, 0.05) is 52.1 Å². The second-order valence-electron chi connectivity index (χ2n) is 9.32. The van der Waals surface area contributed by atoms with Crippen LogP contribution in [0, 0.1) is 0 Å². The van der Waals surface area contributed by atoms with E-state index in [0.29, 0.717) is 24.1 Å². The van der Waals surface area contributed by atoms with E-state index in [2.05, 4.69) is 15.3 Å². The number of aryl methyl sites for hydroxylation is 2. The lowest BCUT2D eigenvalue weighted by atomic mass is 9.95. The predicted octanol–water partition coefficient (Wildman–Crippen LogP) is 3.94. The molecule has 0 spiro atoms. The third-order valence-electron chi connectivity index (χ3n) is 7.01. The van der Waals surface area contributed by atoms with Crippen molar-refractivity contribution in [1.29, 1.82) is 0 Å². The Morgan fingerprint density at radius 2 is 1.97 bits per heavy atom. The second-order valence-corrected chi connectivity index (χ2v) is 9.32. The first-order chi connectivity index (χ1) is 17.1. The van der Waals surface area contributed by atoms with Crippen LogP contribution in [0.25, 0.3) is 22.0 Å². The van der Waals surface area contributed by atoms with E-state index >= 15 is 0 Å². The average Bonchev–Trinajstić information content (AvgIpc) is 3.48. The normalized spacial score (nSPS) is 16.4. The zero-order valence-corrected chi connectivity index (χ0v) is 19.3. The van der Waals surface area contributed by atoms with E-state index in [4.69, 9.17) is 10.5 Å². The largest absolute Gasteiger partial charge is 0.487 e. The van der Waals surface area contributed by atoms with Gasteiger partial charge in [0.2, 0.25) is 5.91 Å². The molecule has 2 aromatic carbocycles. The number of aromatic nitrogens is 2. The highest BCUT2D eigenvalue weighted by Gasteiger charge is 2.27. The van der Waals surface area contributed by atoms with Crippen LogP contribution in [0.15, 0.2) is 54.9 Å². The number of carbonyl (C=O) groups excluding carboxylic acids is 2. The number of hydrogen-bond acceptors (Lipinski definition) is 4. The van der Waals surface area contributed by atoms with Gasteiger partial charge in [-0.3, -0.25) is 14.6 Å². The fourth-order valence-electron chi connectivity index (χ4n) is 5.26. The summed E-state index contributed by atoms with van der Waals surface area (Å²) in [5.74, 6) is 0.137. The number of H-pyrrole nitrogens is 1. The van der Waals surface area contributed by atoms with Crippen LogP contribution in [0.3, 0.4) is 0 Å². The fourth-order valence-corrected chi connectivity index (χ4v) is 5.26. The summed E-state index contributed by atoms with van der Waals surface area (Å²) in [6, 6.07) is 13.5. The summed E-state index contributed by atoms with van der Waals surface area (Å²) in [5, 5.41) is 4.21. The van der Waals surface area contributed by atoms with E-state index in [1.807, 2.05) is 36.4 Å². The van der Waals surface area contributed by atoms with Crippen LogP contribution in [0.1, 0.15) is 50.4 Å². The van der Waals surface area contributed by atoms with Crippen LogP contribution >= 0.6 is 0 Å². The molecule has 2 aliphatic rings. The Balaban J connectivity index is 1.17. The van der Waals surface area contributed by atoms with Crippen molar-refractivity contribution in [2.24, 2.45) is 5.73 Å². The number of nitrogens with zero attached hydrogens (tertiary/aromatic N) is 1. The number of benzene rings is 2. The van der Waals surface area contributed by atoms with Crippen molar-refractivity contribution in [3.63, 3.8) is 0 Å². The lowest BCUT2D eigenvalue weighted by Gasteiger charge is -2.14. The maximum Gasteiger partial charge on any atom is 0.251 e. The topological polar surface area (TPSA) is 110 Å². The van der Waals surface area contributed by atoms with Gasteiger partial charge in [-0.1, -0.05) is 18.2 Å². The van der Waals surface area contributed by atoms with E-state index in [9.17, 15) is 9.59 Å². The number of rotatable bonds is 5. The van der Waals surface area contributed by atoms with E-state index in [0.717, 1.165) is 46.2 Å². The molecule has 1 atom stereocenters. The highest BCUT2D eigenvalue weighted by atomic mass is 16.5. The van der Waals surface area contributed by atoms with Crippen molar-refractivity contribution in [1.82, 2.24) is 15.3 Å². The van der Waals surface area contributed by atoms with Crippen LogP contribution in [-0.4, -0.2) is 34.4 Å². The Morgan fingerprint density at radius 1 is 1.09 bits per heavy atom. The molecule has 0 fully saturated rings. The zero-order valence-electron chi connectivity index (χ0n) is 19.3. The minimum Gasteiger partial charge on any atom is -0.487 e. The Labute approximate surface area is 202 Å². The summed E-state index contributed by atoms with van der Waals surface area (Å²) < 4.78 is 6.25. The molecule has 7 heteroatoms. The highest BCUT2D eigenvalue weighted by molar-refractivity contribution is 5.99. The SMILES string of the molecule is NC(=O)c1cncc(-c2cccc3c2OC(CNC(=O)c2ccc4[nH]c5c(c4c2)CCCC5)C3)c1. The summed E-state index contributed by atoms with van der Waals surface area (Å²) >= 11 is 0. The van der Waals surface area contributed by atoms with Gasteiger partial charge in [0.25, 0.3) is 5.91 Å². The number of ether oxygens (including phenoxy) is 1. The molecule has 3 heterocycles. The van der Waals surface area contributed by atoms with Gasteiger partial charge in [0.05, 0.1) is 12.1 Å². The predicted molar refractivity (Wildman–Crippen MR) is 134 cm³/mol. The summed E-state index contributed by atoms with van der Waals surface area (Å²) in [5.41, 5.74) is 12.9. The van der Waals surface area contributed by atoms with Gasteiger partial charge in [-0.05, 0) is 61.1 Å². The quantitative estimate of drug-likeness (QED) is 0.414. The van der Waals surface area contributed by atoms with Crippen molar-refractivity contribution < 1.29 is 14.3 Å². The molecule has 6 rings (SSSR count). The Hall–Kier alpha value is -4.13.